The van der Waals surface area contributed by atoms with Gasteiger partial charge < -0.3 is 30.3 Å². The standard InChI is InChI=1S/C31H38ClN3O5/c1-39-13-5-4-11-30(38,31(19-35(20-36)12-14-40-31)22-15-27(33)28(37)16-22)25-9-6-10-26(32)29(25)24-18-34-17-21-7-2-3-8-23(21)24/h2-3,6-10,17-18,20,22,27-28,37-38H,4-5,11-16,19,33H2,1H3/t22-,27+,28-,30+,31-/m0/s1. The fourth-order valence-electron chi connectivity index (χ4n) is 6.78. The molecule has 0 bridgehead atoms. The summed E-state index contributed by atoms with van der Waals surface area (Å²) in [6.07, 6.45) is 6.18. The van der Waals surface area contributed by atoms with Gasteiger partial charge in [-0.25, -0.2) is 0 Å². The molecule has 40 heavy (non-hydrogen) atoms. The van der Waals surface area contributed by atoms with Crippen molar-refractivity contribution in [1.82, 2.24) is 9.88 Å². The van der Waals surface area contributed by atoms with Gasteiger partial charge in [0.25, 0.3) is 0 Å². The molecule has 4 N–H and O–H groups in total. The Morgan fingerprint density at radius 2 is 2.05 bits per heavy atom. The van der Waals surface area contributed by atoms with E-state index < -0.39 is 23.3 Å². The van der Waals surface area contributed by atoms with Gasteiger partial charge in [0.1, 0.15) is 11.2 Å². The van der Waals surface area contributed by atoms with Crippen molar-refractivity contribution >= 4 is 28.8 Å². The molecule has 1 aromatic heterocycles. The monoisotopic (exact) mass is 567 g/mol. The molecule has 1 saturated carbocycles. The van der Waals surface area contributed by atoms with E-state index in [0.29, 0.717) is 55.0 Å². The van der Waals surface area contributed by atoms with E-state index in [1.165, 1.54) is 0 Å². The van der Waals surface area contributed by atoms with Crippen molar-refractivity contribution in [3.8, 4) is 11.1 Å². The first-order chi connectivity index (χ1) is 19.3. The van der Waals surface area contributed by atoms with Crippen molar-refractivity contribution in [3.63, 3.8) is 0 Å². The lowest BCUT2D eigenvalue weighted by molar-refractivity contribution is -0.246. The van der Waals surface area contributed by atoms with Crippen LogP contribution in [0.1, 0.15) is 37.7 Å². The topological polar surface area (TPSA) is 118 Å². The number of benzene rings is 2. The molecule has 0 unspecified atom stereocenters. The van der Waals surface area contributed by atoms with Gasteiger partial charge >= 0.3 is 0 Å². The number of aromatic nitrogens is 1. The average molecular weight is 568 g/mol. The summed E-state index contributed by atoms with van der Waals surface area (Å²) < 4.78 is 12.0. The van der Waals surface area contributed by atoms with E-state index >= 15 is 0 Å². The van der Waals surface area contributed by atoms with E-state index in [2.05, 4.69) is 4.98 Å². The Morgan fingerprint density at radius 3 is 2.80 bits per heavy atom. The minimum absolute atomic E-state index is 0.168. The molecule has 2 heterocycles. The highest BCUT2D eigenvalue weighted by atomic mass is 35.5. The molecule has 1 saturated heterocycles. The van der Waals surface area contributed by atoms with E-state index in [9.17, 15) is 15.0 Å². The molecular formula is C31H38ClN3O5. The van der Waals surface area contributed by atoms with Crippen LogP contribution < -0.4 is 5.73 Å². The summed E-state index contributed by atoms with van der Waals surface area (Å²) in [5.74, 6) is -0.301. The van der Waals surface area contributed by atoms with Gasteiger partial charge in [-0.05, 0) is 55.0 Å². The number of hydrogen-bond donors (Lipinski definition) is 3. The van der Waals surface area contributed by atoms with Crippen LogP contribution >= 0.6 is 11.6 Å². The molecule has 9 heteroatoms. The number of carbonyl (C=O) groups is 1. The first-order valence-corrected chi connectivity index (χ1v) is 14.3. The number of methoxy groups -OCH3 is 1. The minimum Gasteiger partial charge on any atom is -0.392 e. The van der Waals surface area contributed by atoms with Crippen molar-refractivity contribution in [2.45, 2.75) is 55.5 Å². The van der Waals surface area contributed by atoms with Crippen LogP contribution in [0.5, 0.6) is 0 Å². The zero-order chi connectivity index (χ0) is 28.3. The van der Waals surface area contributed by atoms with E-state index in [0.717, 1.165) is 29.2 Å². The van der Waals surface area contributed by atoms with Crippen molar-refractivity contribution in [1.29, 1.82) is 0 Å². The molecule has 2 aliphatic rings. The molecule has 1 aliphatic carbocycles. The number of pyridine rings is 1. The molecule has 2 fully saturated rings. The predicted molar refractivity (Wildman–Crippen MR) is 155 cm³/mol. The van der Waals surface area contributed by atoms with Crippen molar-refractivity contribution < 1.29 is 24.5 Å². The SMILES string of the molecule is COCCCC[C@@](O)(c1cccc(Cl)c1-c1cncc2ccccc12)[C@@]1([C@H]2C[C@@H](N)[C@@H](O)C2)CN(C=O)CCO1. The fraction of sp³-hybridized carbons (Fsp3) is 0.484. The summed E-state index contributed by atoms with van der Waals surface area (Å²) in [5.41, 5.74) is 5.58. The Balaban J connectivity index is 1.75. The maximum absolute atomic E-state index is 13.2. The van der Waals surface area contributed by atoms with Crippen molar-refractivity contribution in [2.75, 3.05) is 33.4 Å². The summed E-state index contributed by atoms with van der Waals surface area (Å²) in [6.45, 7) is 1.39. The Morgan fingerprint density at radius 1 is 1.23 bits per heavy atom. The predicted octanol–water partition coefficient (Wildman–Crippen LogP) is 3.89. The number of carbonyl (C=O) groups excluding carboxylic acids is 1. The summed E-state index contributed by atoms with van der Waals surface area (Å²) >= 11 is 6.97. The molecule has 5 rings (SSSR count). The van der Waals surface area contributed by atoms with Crippen LogP contribution in [0.25, 0.3) is 21.9 Å². The highest BCUT2D eigenvalue weighted by Gasteiger charge is 2.61. The lowest BCUT2D eigenvalue weighted by Crippen LogP contribution is -2.66. The number of aliphatic hydroxyl groups excluding tert-OH is 1. The number of halogens is 1. The van der Waals surface area contributed by atoms with Gasteiger partial charge in [0.05, 0.1) is 19.3 Å². The van der Waals surface area contributed by atoms with E-state index in [1.54, 1.807) is 24.4 Å². The van der Waals surface area contributed by atoms with Crippen molar-refractivity contribution in [3.05, 3.63) is 65.4 Å². The molecular weight excluding hydrogens is 530 g/mol. The smallest absolute Gasteiger partial charge is 0.209 e. The first-order valence-electron chi connectivity index (χ1n) is 13.9. The molecule has 1 amide bonds. The Kier molecular flexibility index (Phi) is 8.75. The number of rotatable bonds is 10. The van der Waals surface area contributed by atoms with E-state index in [1.807, 2.05) is 42.5 Å². The largest absolute Gasteiger partial charge is 0.392 e. The number of ether oxygens (including phenoxy) is 2. The van der Waals surface area contributed by atoms with Crippen LogP contribution in [-0.2, 0) is 19.9 Å². The Hall–Kier alpha value is -2.59. The third-order valence-corrected chi connectivity index (χ3v) is 9.11. The fourth-order valence-corrected chi connectivity index (χ4v) is 7.06. The summed E-state index contributed by atoms with van der Waals surface area (Å²) in [4.78, 5) is 18.3. The van der Waals surface area contributed by atoms with Gasteiger partial charge in [-0.1, -0.05) is 48.0 Å². The number of morpholine rings is 1. The van der Waals surface area contributed by atoms with Crippen molar-refractivity contribution in [2.24, 2.45) is 11.7 Å². The maximum Gasteiger partial charge on any atom is 0.209 e. The van der Waals surface area contributed by atoms with Gasteiger partial charge in [0, 0.05) is 60.2 Å². The Labute approximate surface area is 240 Å². The zero-order valence-electron chi connectivity index (χ0n) is 22.8. The van der Waals surface area contributed by atoms with Gasteiger partial charge in [0.15, 0.2) is 0 Å². The van der Waals surface area contributed by atoms with E-state index in [-0.39, 0.29) is 19.1 Å². The second kappa shape index (κ2) is 12.1. The minimum atomic E-state index is -1.59. The third kappa shape index (κ3) is 5.13. The molecule has 0 spiro atoms. The number of nitrogens with zero attached hydrogens (tertiary/aromatic N) is 2. The quantitative estimate of drug-likeness (QED) is 0.251. The van der Waals surface area contributed by atoms with Gasteiger partial charge in [0.2, 0.25) is 6.41 Å². The highest BCUT2D eigenvalue weighted by Crippen LogP contribution is 2.54. The number of amides is 1. The molecule has 214 valence electrons. The van der Waals surface area contributed by atoms with Gasteiger partial charge in [-0.15, -0.1) is 0 Å². The molecule has 2 aromatic carbocycles. The number of fused-ring (bicyclic) bond motifs is 1. The molecule has 3 aromatic rings. The maximum atomic E-state index is 13.2. The van der Waals surface area contributed by atoms with Crippen LogP contribution in [0.2, 0.25) is 5.02 Å². The number of aliphatic hydroxyl groups is 2. The van der Waals surface area contributed by atoms with Gasteiger partial charge in [-0.3, -0.25) is 9.78 Å². The number of hydrogen-bond acceptors (Lipinski definition) is 7. The summed E-state index contributed by atoms with van der Waals surface area (Å²) in [7, 11) is 1.66. The summed E-state index contributed by atoms with van der Waals surface area (Å²) in [6, 6.07) is 13.0. The Bertz CT molecular complexity index is 1330. The zero-order valence-corrected chi connectivity index (χ0v) is 23.6. The second-order valence-corrected chi connectivity index (χ2v) is 11.5. The van der Waals surface area contributed by atoms with Crippen LogP contribution in [-0.4, -0.2) is 77.7 Å². The van der Waals surface area contributed by atoms with Crippen LogP contribution in [0.3, 0.4) is 0 Å². The van der Waals surface area contributed by atoms with E-state index in [4.69, 9.17) is 26.8 Å². The molecule has 0 radical (unpaired) electrons. The van der Waals surface area contributed by atoms with Crippen LogP contribution in [0.15, 0.2) is 54.9 Å². The lowest BCUT2D eigenvalue weighted by Gasteiger charge is -2.55. The van der Waals surface area contributed by atoms with Crippen LogP contribution in [0.4, 0.5) is 0 Å². The molecule has 8 nitrogen and oxygen atoms in total. The normalized spacial score (nSPS) is 26.6. The number of unbranched alkanes of at least 4 members (excludes halogenated alkanes) is 1. The van der Waals surface area contributed by atoms with Gasteiger partial charge in [-0.2, -0.15) is 0 Å². The molecule has 1 aliphatic heterocycles. The average Bonchev–Trinajstić information content (AvgIpc) is 3.32. The number of nitrogens with two attached hydrogens (primary N) is 1. The highest BCUT2D eigenvalue weighted by molar-refractivity contribution is 6.34. The summed E-state index contributed by atoms with van der Waals surface area (Å²) in [5, 5.41) is 26.3. The lowest BCUT2D eigenvalue weighted by atomic mass is 9.65. The first kappa shape index (κ1) is 28.9. The van der Waals surface area contributed by atoms with Crippen LogP contribution in [0, 0.1) is 5.92 Å². The molecule has 5 atom stereocenters. The third-order valence-electron chi connectivity index (χ3n) is 8.80. The second-order valence-electron chi connectivity index (χ2n) is 11.1.